The van der Waals surface area contributed by atoms with E-state index in [9.17, 15) is 9.13 Å². The second kappa shape index (κ2) is 10.9. The van der Waals surface area contributed by atoms with Gasteiger partial charge < -0.3 is 19.4 Å². The Labute approximate surface area is 136 Å². The highest BCUT2D eigenvalue weighted by atomic mass is 31.3. The minimum atomic E-state index is -5.08. The molecule has 0 bridgehead atoms. The summed E-state index contributed by atoms with van der Waals surface area (Å²) < 4.78 is 34.9. The van der Waals surface area contributed by atoms with Crippen molar-refractivity contribution < 1.29 is 37.4 Å². The lowest BCUT2D eigenvalue weighted by atomic mass is 10.1. The van der Waals surface area contributed by atoms with Gasteiger partial charge in [0, 0.05) is 0 Å². The Morgan fingerprint density at radius 1 is 1.17 bits per heavy atom. The third-order valence-electron chi connectivity index (χ3n) is 2.43. The van der Waals surface area contributed by atoms with Gasteiger partial charge in [0.05, 0.1) is 13.2 Å². The molecule has 0 aliphatic heterocycles. The lowest BCUT2D eigenvalue weighted by molar-refractivity contribution is 0.190. The molecule has 0 aromatic carbocycles. The quantitative estimate of drug-likeness (QED) is 0.220. The first-order valence-electron chi connectivity index (χ1n) is 6.62. The van der Waals surface area contributed by atoms with Gasteiger partial charge in [-0.15, -0.1) is 6.42 Å². The lowest BCUT2D eigenvalue weighted by Crippen LogP contribution is -1.96. The molecule has 132 valence electrons. The van der Waals surface area contributed by atoms with Crippen LogP contribution >= 0.6 is 15.6 Å². The van der Waals surface area contributed by atoms with Crippen LogP contribution in [-0.4, -0.2) is 34.5 Å². The third-order valence-corrected chi connectivity index (χ3v) is 4.58. The monoisotopic (exact) mass is 368 g/mol. The molecule has 0 aliphatic carbocycles. The second-order valence-electron chi connectivity index (χ2n) is 4.67. The second-order valence-corrected chi connectivity index (χ2v) is 7.50. The minimum absolute atomic E-state index is 0.263. The van der Waals surface area contributed by atoms with Gasteiger partial charge in [-0.25, -0.2) is 9.13 Å². The van der Waals surface area contributed by atoms with Crippen molar-refractivity contribution in [3.05, 3.63) is 23.3 Å². The molecule has 0 spiro atoms. The Bertz CT molecular complexity index is 555. The van der Waals surface area contributed by atoms with Crippen LogP contribution in [0.3, 0.4) is 0 Å². The van der Waals surface area contributed by atoms with E-state index in [2.05, 4.69) is 14.8 Å². The third kappa shape index (κ3) is 14.6. The topological polar surface area (TPSA) is 123 Å². The van der Waals surface area contributed by atoms with Gasteiger partial charge >= 0.3 is 15.6 Å². The average Bonchev–Trinajstić information content (AvgIpc) is 2.35. The van der Waals surface area contributed by atoms with Crippen molar-refractivity contribution in [2.75, 3.05) is 19.8 Å². The molecule has 0 aromatic rings. The van der Waals surface area contributed by atoms with Crippen molar-refractivity contribution in [2.24, 2.45) is 0 Å². The van der Waals surface area contributed by atoms with Crippen LogP contribution in [-0.2, 0) is 22.7 Å². The molecule has 0 heterocycles. The lowest BCUT2D eigenvalue weighted by Gasteiger charge is -2.11. The molecule has 0 aliphatic rings. The van der Waals surface area contributed by atoms with Crippen LogP contribution in [0.1, 0.15) is 26.7 Å². The van der Waals surface area contributed by atoms with Crippen molar-refractivity contribution in [3.63, 3.8) is 0 Å². The number of hydrogen-bond donors (Lipinski definition) is 3. The molecular weight excluding hydrogens is 346 g/mol. The van der Waals surface area contributed by atoms with Crippen LogP contribution in [0.5, 0.6) is 0 Å². The smallest absolute Gasteiger partial charge is 0.364 e. The number of ether oxygens (including phenoxy) is 1. The summed E-state index contributed by atoms with van der Waals surface area (Å²) in [6.45, 7) is 4.14. The molecule has 0 saturated heterocycles. The zero-order chi connectivity index (χ0) is 17.9. The Kier molecular flexibility index (Phi) is 10.6. The maximum atomic E-state index is 11.2. The molecule has 3 N–H and O–H groups in total. The zero-order valence-corrected chi connectivity index (χ0v) is 14.8. The molecule has 10 heteroatoms. The first-order valence-corrected chi connectivity index (χ1v) is 9.65. The van der Waals surface area contributed by atoms with Gasteiger partial charge in [-0.3, -0.25) is 4.52 Å². The van der Waals surface area contributed by atoms with E-state index in [1.54, 1.807) is 6.92 Å². The van der Waals surface area contributed by atoms with E-state index in [4.69, 9.17) is 25.8 Å². The fourth-order valence-corrected chi connectivity index (χ4v) is 2.94. The Morgan fingerprint density at radius 2 is 1.83 bits per heavy atom. The highest BCUT2D eigenvalue weighted by Crippen LogP contribution is 2.57. The molecule has 0 amide bonds. The van der Waals surface area contributed by atoms with Crippen molar-refractivity contribution >= 4 is 15.6 Å². The highest BCUT2D eigenvalue weighted by Gasteiger charge is 2.31. The van der Waals surface area contributed by atoms with Crippen molar-refractivity contribution in [2.45, 2.75) is 26.7 Å². The number of rotatable bonds is 11. The van der Waals surface area contributed by atoms with Gasteiger partial charge in [0.1, 0.15) is 6.61 Å². The van der Waals surface area contributed by atoms with Crippen molar-refractivity contribution in [3.8, 4) is 12.3 Å². The molecular formula is C13H22O8P2. The summed E-state index contributed by atoms with van der Waals surface area (Å²) >= 11 is 0. The predicted molar refractivity (Wildman–Crippen MR) is 85.3 cm³/mol. The standard InChI is InChI=1S/C13H22O8P2/c1-4-9-19-11-13(3)7-5-6-12(2)8-10-20-23(17,18)21-22(14,15)16/h1,7-8H,5-6,9-11H2,2-3H3,(H,17,18)(H2,14,15,16). The van der Waals surface area contributed by atoms with Gasteiger partial charge in [-0.2, -0.15) is 4.31 Å². The summed E-state index contributed by atoms with van der Waals surface area (Å²) in [4.78, 5) is 25.9. The van der Waals surface area contributed by atoms with E-state index in [1.807, 2.05) is 13.0 Å². The molecule has 0 saturated carbocycles. The number of phosphoric acid groups is 2. The van der Waals surface area contributed by atoms with Crippen LogP contribution in [0.4, 0.5) is 0 Å². The van der Waals surface area contributed by atoms with Crippen LogP contribution in [0.2, 0.25) is 0 Å². The van der Waals surface area contributed by atoms with E-state index >= 15 is 0 Å². The molecule has 1 unspecified atom stereocenters. The number of allylic oxidation sites excluding steroid dienone is 2. The van der Waals surface area contributed by atoms with Crippen LogP contribution < -0.4 is 0 Å². The van der Waals surface area contributed by atoms with Crippen LogP contribution in [0, 0.1) is 12.3 Å². The minimum Gasteiger partial charge on any atom is -0.364 e. The Hall–Kier alpha value is -0.740. The maximum absolute atomic E-state index is 11.2. The van der Waals surface area contributed by atoms with Gasteiger partial charge in [0.15, 0.2) is 0 Å². The Morgan fingerprint density at radius 3 is 2.39 bits per heavy atom. The van der Waals surface area contributed by atoms with E-state index in [0.29, 0.717) is 13.0 Å². The van der Waals surface area contributed by atoms with Gasteiger partial charge in [0.25, 0.3) is 0 Å². The summed E-state index contributed by atoms with van der Waals surface area (Å²) in [5, 5.41) is 0. The molecule has 0 fully saturated rings. The fraction of sp³-hybridized carbons (Fsp3) is 0.538. The molecule has 0 aromatic heterocycles. The number of hydrogen-bond acceptors (Lipinski definition) is 5. The van der Waals surface area contributed by atoms with E-state index < -0.39 is 15.6 Å². The molecule has 23 heavy (non-hydrogen) atoms. The number of phosphoric ester groups is 1. The molecule has 1 atom stereocenters. The largest absolute Gasteiger partial charge is 0.481 e. The SMILES string of the molecule is C#CCOCC(C)=CCCC(C)=CCOP(=O)(O)OP(=O)(O)O. The average molecular weight is 368 g/mol. The van der Waals surface area contributed by atoms with Crippen molar-refractivity contribution in [1.82, 2.24) is 0 Å². The van der Waals surface area contributed by atoms with Crippen LogP contribution in [0.15, 0.2) is 23.3 Å². The summed E-state index contributed by atoms with van der Waals surface area (Å²) in [6, 6.07) is 0. The summed E-state index contributed by atoms with van der Waals surface area (Å²) in [5.74, 6) is 2.37. The summed E-state index contributed by atoms with van der Waals surface area (Å²) in [7, 11) is -9.86. The molecule has 8 nitrogen and oxygen atoms in total. The first-order chi connectivity index (χ1) is 10.6. The van der Waals surface area contributed by atoms with Crippen molar-refractivity contribution in [1.29, 1.82) is 0 Å². The predicted octanol–water partition coefficient (Wildman–Crippen LogP) is 2.54. The molecule has 0 rings (SSSR count). The van der Waals surface area contributed by atoms with Gasteiger partial charge in [0.2, 0.25) is 0 Å². The van der Waals surface area contributed by atoms with Gasteiger partial charge in [-0.05, 0) is 26.7 Å². The Balaban J connectivity index is 4.13. The zero-order valence-electron chi connectivity index (χ0n) is 13.0. The van der Waals surface area contributed by atoms with E-state index in [1.165, 1.54) is 6.08 Å². The summed E-state index contributed by atoms with van der Waals surface area (Å²) in [6.07, 6.45) is 10.0. The van der Waals surface area contributed by atoms with Gasteiger partial charge in [-0.1, -0.05) is 29.2 Å². The highest BCUT2D eigenvalue weighted by molar-refractivity contribution is 7.60. The normalized spacial score (nSPS) is 16.0. The summed E-state index contributed by atoms with van der Waals surface area (Å²) in [5.41, 5.74) is 1.92. The molecule has 0 radical (unpaired) electrons. The van der Waals surface area contributed by atoms with E-state index in [-0.39, 0.29) is 13.2 Å². The first kappa shape index (κ1) is 22.3. The fourth-order valence-electron chi connectivity index (χ4n) is 1.41. The van der Waals surface area contributed by atoms with Crippen LogP contribution in [0.25, 0.3) is 0 Å². The number of terminal acetylenes is 1. The van der Waals surface area contributed by atoms with E-state index in [0.717, 1.165) is 17.6 Å². The maximum Gasteiger partial charge on any atom is 0.481 e.